The molecule has 0 amide bonds. The van der Waals surface area contributed by atoms with E-state index in [-0.39, 0.29) is 11.2 Å². The molecule has 5 heteroatoms. The van der Waals surface area contributed by atoms with Crippen LogP contribution >= 0.6 is 15.9 Å². The van der Waals surface area contributed by atoms with E-state index in [1.165, 1.54) is 6.20 Å². The fourth-order valence-electron chi connectivity index (χ4n) is 2.17. The second-order valence-corrected chi connectivity index (χ2v) is 7.55. The van der Waals surface area contributed by atoms with Crippen LogP contribution in [0.5, 0.6) is 0 Å². The molecule has 24 heavy (non-hydrogen) atoms. The molecule has 1 atom stereocenters. The van der Waals surface area contributed by atoms with Crippen LogP contribution in [-0.2, 0) is 10.2 Å². The molecule has 2 aromatic rings. The van der Waals surface area contributed by atoms with E-state index in [0.29, 0.717) is 15.6 Å². The van der Waals surface area contributed by atoms with Crippen molar-refractivity contribution in [2.75, 3.05) is 0 Å². The molecule has 4 nitrogen and oxygen atoms in total. The van der Waals surface area contributed by atoms with Gasteiger partial charge in [-0.15, -0.1) is 0 Å². The lowest BCUT2D eigenvalue weighted by Gasteiger charge is -2.19. The van der Waals surface area contributed by atoms with E-state index in [9.17, 15) is 9.59 Å². The minimum absolute atomic E-state index is 0.0212. The zero-order valence-electron chi connectivity index (χ0n) is 14.2. The third-order valence-corrected chi connectivity index (χ3v) is 4.06. The predicted molar refractivity (Wildman–Crippen MR) is 96.3 cm³/mol. The van der Waals surface area contributed by atoms with Crippen molar-refractivity contribution < 1.29 is 14.3 Å². The van der Waals surface area contributed by atoms with Crippen molar-refractivity contribution in [2.45, 2.75) is 39.2 Å². The van der Waals surface area contributed by atoms with Crippen LogP contribution in [0.15, 0.2) is 47.2 Å². The molecule has 1 aromatic heterocycles. The van der Waals surface area contributed by atoms with Gasteiger partial charge in [0.1, 0.15) is 0 Å². The number of Topliss-reactive ketones (excluding diaryl/α,β-unsaturated/α-hetero) is 1. The van der Waals surface area contributed by atoms with Gasteiger partial charge in [-0.25, -0.2) is 4.79 Å². The second kappa shape index (κ2) is 7.26. The van der Waals surface area contributed by atoms with Crippen molar-refractivity contribution >= 4 is 27.7 Å². The first kappa shape index (κ1) is 18.3. The lowest BCUT2D eigenvalue weighted by atomic mass is 9.86. The Kier molecular flexibility index (Phi) is 5.54. The maximum Gasteiger partial charge on any atom is 0.340 e. The minimum atomic E-state index is -0.864. The molecule has 0 fully saturated rings. The smallest absolute Gasteiger partial charge is 0.340 e. The summed E-state index contributed by atoms with van der Waals surface area (Å²) in [5.41, 5.74) is 1.99. The Labute approximate surface area is 150 Å². The Bertz CT molecular complexity index is 748. The number of aromatic nitrogens is 1. The molecular weight excluding hydrogens is 370 g/mol. The Hall–Kier alpha value is -2.01. The molecule has 0 radical (unpaired) electrons. The summed E-state index contributed by atoms with van der Waals surface area (Å²) in [5, 5.41) is 0. The molecule has 1 heterocycles. The van der Waals surface area contributed by atoms with Gasteiger partial charge in [-0.05, 0) is 39.9 Å². The van der Waals surface area contributed by atoms with Crippen molar-refractivity contribution in [1.82, 2.24) is 4.98 Å². The number of esters is 1. The number of ether oxygens (including phenoxy) is 1. The van der Waals surface area contributed by atoms with Crippen LogP contribution in [0.25, 0.3) is 0 Å². The molecule has 0 saturated carbocycles. The van der Waals surface area contributed by atoms with E-state index in [4.69, 9.17) is 4.74 Å². The van der Waals surface area contributed by atoms with Gasteiger partial charge >= 0.3 is 5.97 Å². The van der Waals surface area contributed by atoms with E-state index in [1.54, 1.807) is 31.3 Å². The van der Waals surface area contributed by atoms with Crippen LogP contribution in [0, 0.1) is 0 Å². The van der Waals surface area contributed by atoms with Crippen LogP contribution in [0.2, 0.25) is 0 Å². The summed E-state index contributed by atoms with van der Waals surface area (Å²) in [6.07, 6.45) is 2.11. The number of pyridine rings is 1. The van der Waals surface area contributed by atoms with Gasteiger partial charge in [0.2, 0.25) is 5.78 Å². The summed E-state index contributed by atoms with van der Waals surface area (Å²) in [7, 11) is 0. The van der Waals surface area contributed by atoms with E-state index in [0.717, 1.165) is 5.56 Å². The fraction of sp³-hybridized carbons (Fsp3) is 0.316. The Morgan fingerprint density at radius 2 is 1.71 bits per heavy atom. The average molecular weight is 390 g/mol. The zero-order valence-corrected chi connectivity index (χ0v) is 15.8. The first-order chi connectivity index (χ1) is 11.2. The number of hydrogen-bond donors (Lipinski definition) is 0. The standard InChI is InChI=1S/C19H20BrNO3/c1-12(24-18(23)14-9-16(20)11-21-10-14)17(22)13-5-7-15(8-6-13)19(2,3)4/h5-12H,1-4H3/t12-/m0/s1. The van der Waals surface area contributed by atoms with Crippen molar-refractivity contribution in [1.29, 1.82) is 0 Å². The molecule has 0 bridgehead atoms. The minimum Gasteiger partial charge on any atom is -0.451 e. The Morgan fingerprint density at radius 1 is 1.08 bits per heavy atom. The molecule has 0 spiro atoms. The summed E-state index contributed by atoms with van der Waals surface area (Å²) >= 11 is 3.25. The molecule has 0 aliphatic rings. The molecular formula is C19H20BrNO3. The van der Waals surface area contributed by atoms with Gasteiger partial charge in [0.25, 0.3) is 0 Å². The summed E-state index contributed by atoms with van der Waals surface area (Å²) < 4.78 is 5.93. The van der Waals surface area contributed by atoms with E-state index in [2.05, 4.69) is 41.7 Å². The van der Waals surface area contributed by atoms with E-state index >= 15 is 0 Å². The first-order valence-corrected chi connectivity index (χ1v) is 8.44. The second-order valence-electron chi connectivity index (χ2n) is 6.63. The normalized spacial score (nSPS) is 12.5. The van der Waals surface area contributed by atoms with Gasteiger partial charge in [-0.2, -0.15) is 0 Å². The third kappa shape index (κ3) is 4.51. The number of hydrogen-bond acceptors (Lipinski definition) is 4. The van der Waals surface area contributed by atoms with Crippen LogP contribution in [-0.4, -0.2) is 22.8 Å². The van der Waals surface area contributed by atoms with Crippen LogP contribution in [0.3, 0.4) is 0 Å². The number of rotatable bonds is 4. The summed E-state index contributed by atoms with van der Waals surface area (Å²) in [6.45, 7) is 7.91. The maximum absolute atomic E-state index is 12.4. The van der Waals surface area contributed by atoms with Crippen molar-refractivity contribution in [3.05, 3.63) is 63.9 Å². The lowest BCUT2D eigenvalue weighted by Crippen LogP contribution is -2.24. The number of carbonyl (C=O) groups is 2. The zero-order chi connectivity index (χ0) is 17.9. The molecule has 2 rings (SSSR count). The van der Waals surface area contributed by atoms with E-state index < -0.39 is 12.1 Å². The third-order valence-electron chi connectivity index (χ3n) is 3.63. The monoisotopic (exact) mass is 389 g/mol. The number of benzene rings is 1. The number of ketones is 1. The first-order valence-electron chi connectivity index (χ1n) is 7.65. The number of nitrogens with zero attached hydrogens (tertiary/aromatic N) is 1. The highest BCUT2D eigenvalue weighted by molar-refractivity contribution is 9.10. The van der Waals surface area contributed by atoms with Gasteiger partial charge in [0.05, 0.1) is 5.56 Å². The molecule has 0 saturated heterocycles. The van der Waals surface area contributed by atoms with E-state index in [1.807, 2.05) is 12.1 Å². The van der Waals surface area contributed by atoms with Crippen molar-refractivity contribution in [2.24, 2.45) is 0 Å². The summed E-state index contributed by atoms with van der Waals surface area (Å²) in [5.74, 6) is -0.803. The molecule has 126 valence electrons. The van der Waals surface area contributed by atoms with Crippen LogP contribution < -0.4 is 0 Å². The topological polar surface area (TPSA) is 56.3 Å². The largest absolute Gasteiger partial charge is 0.451 e. The van der Waals surface area contributed by atoms with Crippen molar-refractivity contribution in [3.8, 4) is 0 Å². The molecule has 0 unspecified atom stereocenters. The summed E-state index contributed by atoms with van der Waals surface area (Å²) in [4.78, 5) is 28.4. The number of halogens is 1. The molecule has 1 aromatic carbocycles. The van der Waals surface area contributed by atoms with Crippen LogP contribution in [0.4, 0.5) is 0 Å². The van der Waals surface area contributed by atoms with Crippen molar-refractivity contribution in [3.63, 3.8) is 0 Å². The van der Waals surface area contributed by atoms with Crippen LogP contribution in [0.1, 0.15) is 54.0 Å². The average Bonchev–Trinajstić information content (AvgIpc) is 2.53. The SMILES string of the molecule is C[C@H](OC(=O)c1cncc(Br)c1)C(=O)c1ccc(C(C)(C)C)cc1. The summed E-state index contributed by atoms with van der Waals surface area (Å²) in [6, 6.07) is 9.01. The highest BCUT2D eigenvalue weighted by Crippen LogP contribution is 2.22. The van der Waals surface area contributed by atoms with Gasteiger partial charge in [0, 0.05) is 22.4 Å². The Balaban J connectivity index is 2.08. The van der Waals surface area contributed by atoms with Gasteiger partial charge < -0.3 is 4.74 Å². The molecule has 0 aliphatic heterocycles. The Morgan fingerprint density at radius 3 is 2.25 bits per heavy atom. The maximum atomic E-state index is 12.4. The number of carbonyl (C=O) groups excluding carboxylic acids is 2. The van der Waals surface area contributed by atoms with Gasteiger partial charge in [-0.1, -0.05) is 45.0 Å². The quantitative estimate of drug-likeness (QED) is 0.567. The predicted octanol–water partition coefficient (Wildman–Crippen LogP) is 4.57. The highest BCUT2D eigenvalue weighted by atomic mass is 79.9. The molecule has 0 aliphatic carbocycles. The molecule has 0 N–H and O–H groups in total. The van der Waals surface area contributed by atoms with Gasteiger partial charge in [0.15, 0.2) is 6.10 Å². The lowest BCUT2D eigenvalue weighted by molar-refractivity contribution is 0.0318. The fourth-order valence-corrected chi connectivity index (χ4v) is 2.54. The van der Waals surface area contributed by atoms with Gasteiger partial charge in [-0.3, -0.25) is 9.78 Å². The highest BCUT2D eigenvalue weighted by Gasteiger charge is 2.21.